The molecule has 0 radical (unpaired) electrons. The highest BCUT2D eigenvalue weighted by Gasteiger charge is 2.33. The third kappa shape index (κ3) is 6.24. The lowest BCUT2D eigenvalue weighted by atomic mass is 10.1. The number of amides is 1. The van der Waals surface area contributed by atoms with Gasteiger partial charge in [0.05, 0.1) is 20.9 Å². The van der Waals surface area contributed by atoms with Gasteiger partial charge >= 0.3 is 12.1 Å². The maximum Gasteiger partial charge on any atom is 0.416 e. The first-order valence-corrected chi connectivity index (χ1v) is 10.3. The molecule has 2 N–H and O–H groups in total. The summed E-state index contributed by atoms with van der Waals surface area (Å²) >= 11 is 0. The fourth-order valence-electron chi connectivity index (χ4n) is 2.43. The van der Waals surface area contributed by atoms with Crippen LogP contribution in [0, 0.1) is 10.1 Å². The Morgan fingerprint density at radius 2 is 1.84 bits per heavy atom. The molecule has 0 aliphatic heterocycles. The Balaban J connectivity index is 2.09. The third-order valence-electron chi connectivity index (χ3n) is 3.84. The molecule has 0 spiro atoms. The van der Waals surface area contributed by atoms with Crippen LogP contribution in [0.4, 0.5) is 24.5 Å². The molecule has 172 valence electrons. The molecule has 0 saturated heterocycles. The molecule has 14 heteroatoms. The second kappa shape index (κ2) is 9.74. The number of nitro benzene ring substituents is 1. The van der Waals surface area contributed by atoms with E-state index in [4.69, 9.17) is 4.74 Å². The minimum absolute atomic E-state index is 0.118. The van der Waals surface area contributed by atoms with Crippen molar-refractivity contribution in [3.63, 3.8) is 0 Å². The van der Waals surface area contributed by atoms with Crippen LogP contribution in [-0.4, -0.2) is 38.4 Å². The van der Waals surface area contributed by atoms with E-state index in [9.17, 15) is 41.3 Å². The van der Waals surface area contributed by atoms with Crippen molar-refractivity contribution in [1.82, 2.24) is 4.72 Å². The zero-order valence-corrected chi connectivity index (χ0v) is 17.1. The first-order chi connectivity index (χ1) is 14.8. The molecule has 2 aromatic rings. The average Bonchev–Trinajstić information content (AvgIpc) is 2.71. The molecule has 0 bridgehead atoms. The molecule has 0 unspecified atom stereocenters. The molecule has 1 amide bonds. The lowest BCUT2D eigenvalue weighted by Crippen LogP contribution is -2.24. The van der Waals surface area contributed by atoms with Gasteiger partial charge in [0.25, 0.3) is 11.6 Å². The first-order valence-electron chi connectivity index (χ1n) is 8.77. The number of hydrogen-bond donors (Lipinski definition) is 2. The number of esters is 1. The summed E-state index contributed by atoms with van der Waals surface area (Å²) in [6.45, 7) is 0.754. The smallest absolute Gasteiger partial charge is 0.416 e. The van der Waals surface area contributed by atoms with Gasteiger partial charge in [-0.25, -0.2) is 17.9 Å². The largest absolute Gasteiger partial charge is 0.452 e. The van der Waals surface area contributed by atoms with Crippen LogP contribution in [-0.2, 0) is 25.7 Å². The van der Waals surface area contributed by atoms with Gasteiger partial charge in [-0.2, -0.15) is 13.2 Å². The van der Waals surface area contributed by atoms with Gasteiger partial charge in [-0.3, -0.25) is 14.9 Å². The molecule has 0 aliphatic carbocycles. The molecule has 0 aromatic heterocycles. The van der Waals surface area contributed by atoms with Gasteiger partial charge in [-0.15, -0.1) is 0 Å². The standard InChI is InChI=1S/C18H16F3N3O7S/c1-2-22-32(29,30)13-5-3-4-11(8-13)17(26)31-10-16(25)23-14-7-6-12(18(19,20)21)9-15(14)24(27)28/h3-9,22H,2,10H2,1H3,(H,23,25). The SMILES string of the molecule is CCNS(=O)(=O)c1cccc(C(=O)OCC(=O)Nc2ccc(C(F)(F)F)cc2[N+](=O)[O-])c1. The fraction of sp³-hybridized carbons (Fsp3) is 0.222. The van der Waals surface area contributed by atoms with Gasteiger partial charge in [0.2, 0.25) is 10.0 Å². The van der Waals surface area contributed by atoms with E-state index in [1.54, 1.807) is 6.92 Å². The maximum absolute atomic E-state index is 12.7. The summed E-state index contributed by atoms with van der Waals surface area (Å²) in [5, 5.41) is 13.0. The Morgan fingerprint density at radius 1 is 1.16 bits per heavy atom. The predicted molar refractivity (Wildman–Crippen MR) is 104 cm³/mol. The molecule has 2 aromatic carbocycles. The lowest BCUT2D eigenvalue weighted by molar-refractivity contribution is -0.384. The molecular formula is C18H16F3N3O7S. The summed E-state index contributed by atoms with van der Waals surface area (Å²) in [5.74, 6) is -2.12. The number of nitro groups is 1. The molecule has 0 heterocycles. The number of rotatable bonds is 8. The van der Waals surface area contributed by atoms with Gasteiger partial charge < -0.3 is 10.1 Å². The van der Waals surface area contributed by atoms with Crippen LogP contribution in [0.5, 0.6) is 0 Å². The average molecular weight is 475 g/mol. The number of nitrogens with one attached hydrogen (secondary N) is 2. The Morgan fingerprint density at radius 3 is 2.44 bits per heavy atom. The lowest BCUT2D eigenvalue weighted by Gasteiger charge is -2.10. The monoisotopic (exact) mass is 475 g/mol. The van der Waals surface area contributed by atoms with Gasteiger partial charge in [-0.05, 0) is 30.3 Å². The molecule has 0 atom stereocenters. The van der Waals surface area contributed by atoms with Crippen molar-refractivity contribution in [2.24, 2.45) is 0 Å². The summed E-state index contributed by atoms with van der Waals surface area (Å²) in [6, 6.07) is 6.31. The van der Waals surface area contributed by atoms with Crippen LogP contribution in [0.25, 0.3) is 0 Å². The van der Waals surface area contributed by atoms with Crippen molar-refractivity contribution in [1.29, 1.82) is 0 Å². The number of benzene rings is 2. The van der Waals surface area contributed by atoms with Gasteiger partial charge in [0, 0.05) is 12.6 Å². The number of nitrogens with zero attached hydrogens (tertiary/aromatic N) is 1. The number of sulfonamides is 1. The zero-order valence-electron chi connectivity index (χ0n) is 16.3. The fourth-order valence-corrected chi connectivity index (χ4v) is 3.52. The topological polar surface area (TPSA) is 145 Å². The van der Waals surface area contributed by atoms with Crippen molar-refractivity contribution < 1.29 is 40.8 Å². The summed E-state index contributed by atoms with van der Waals surface area (Å²) in [7, 11) is -3.85. The molecule has 32 heavy (non-hydrogen) atoms. The number of alkyl halides is 3. The van der Waals surface area contributed by atoms with Crippen LogP contribution in [0.1, 0.15) is 22.8 Å². The van der Waals surface area contributed by atoms with Crippen LogP contribution in [0.15, 0.2) is 47.4 Å². The third-order valence-corrected chi connectivity index (χ3v) is 5.39. The second-order valence-electron chi connectivity index (χ2n) is 6.14. The maximum atomic E-state index is 12.7. The molecule has 2 rings (SSSR count). The molecule has 0 aliphatic rings. The quantitative estimate of drug-likeness (QED) is 0.339. The predicted octanol–water partition coefficient (Wildman–Crippen LogP) is 2.71. The van der Waals surface area contributed by atoms with Crippen LogP contribution >= 0.6 is 0 Å². The van der Waals surface area contributed by atoms with Gasteiger partial charge in [0.1, 0.15) is 5.69 Å². The van der Waals surface area contributed by atoms with E-state index in [2.05, 4.69) is 4.72 Å². The summed E-state index contributed by atoms with van der Waals surface area (Å²) in [5.41, 5.74) is -2.98. The van der Waals surface area contributed by atoms with E-state index < -0.39 is 56.5 Å². The van der Waals surface area contributed by atoms with E-state index >= 15 is 0 Å². The summed E-state index contributed by atoms with van der Waals surface area (Å²) in [4.78, 5) is 33.8. The van der Waals surface area contributed by atoms with Crippen molar-refractivity contribution in [3.8, 4) is 0 Å². The number of carbonyl (C=O) groups is 2. The van der Waals surface area contributed by atoms with Crippen molar-refractivity contribution in [2.75, 3.05) is 18.5 Å². The highest BCUT2D eigenvalue weighted by atomic mass is 32.2. The normalized spacial score (nSPS) is 11.6. The van der Waals surface area contributed by atoms with Crippen LogP contribution in [0.2, 0.25) is 0 Å². The zero-order chi connectivity index (χ0) is 24.1. The van der Waals surface area contributed by atoms with Crippen molar-refractivity contribution >= 4 is 33.3 Å². The van der Waals surface area contributed by atoms with Gasteiger partial charge in [0.15, 0.2) is 6.61 Å². The van der Waals surface area contributed by atoms with Gasteiger partial charge in [-0.1, -0.05) is 13.0 Å². The molecule has 0 saturated carbocycles. The number of carbonyl (C=O) groups excluding carboxylic acids is 2. The molecule has 0 fully saturated rings. The highest BCUT2D eigenvalue weighted by Crippen LogP contribution is 2.34. The van der Waals surface area contributed by atoms with E-state index in [0.29, 0.717) is 12.1 Å². The van der Waals surface area contributed by atoms with Crippen molar-refractivity contribution in [3.05, 3.63) is 63.7 Å². The minimum Gasteiger partial charge on any atom is -0.452 e. The van der Waals surface area contributed by atoms with E-state index in [1.807, 2.05) is 5.32 Å². The first kappa shape index (κ1) is 24.7. The Kier molecular flexibility index (Phi) is 7.53. The van der Waals surface area contributed by atoms with E-state index in [0.717, 1.165) is 6.07 Å². The number of anilines is 1. The Bertz CT molecular complexity index is 1150. The molecule has 10 nitrogen and oxygen atoms in total. The van der Waals surface area contributed by atoms with E-state index in [-0.39, 0.29) is 23.1 Å². The number of hydrogen-bond acceptors (Lipinski definition) is 7. The second-order valence-corrected chi connectivity index (χ2v) is 7.91. The van der Waals surface area contributed by atoms with Crippen LogP contribution < -0.4 is 10.0 Å². The Labute approximate surface area is 179 Å². The van der Waals surface area contributed by atoms with E-state index in [1.165, 1.54) is 18.2 Å². The summed E-state index contributed by atoms with van der Waals surface area (Å²) < 4.78 is 69.2. The number of halogens is 3. The summed E-state index contributed by atoms with van der Waals surface area (Å²) in [6.07, 6.45) is -4.82. The highest BCUT2D eigenvalue weighted by molar-refractivity contribution is 7.89. The molecular weight excluding hydrogens is 459 g/mol. The minimum atomic E-state index is -4.82. The van der Waals surface area contributed by atoms with Crippen molar-refractivity contribution in [2.45, 2.75) is 18.0 Å². The Hall–Kier alpha value is -3.52. The number of ether oxygens (including phenoxy) is 1. The van der Waals surface area contributed by atoms with Crippen LogP contribution in [0.3, 0.4) is 0 Å².